The van der Waals surface area contributed by atoms with Gasteiger partial charge in [0, 0.05) is 41.4 Å². The fourth-order valence-corrected chi connectivity index (χ4v) is 9.41. The number of amides is 3. The van der Waals surface area contributed by atoms with Gasteiger partial charge < -0.3 is 30.3 Å². The Hall–Kier alpha value is -3.24. The third-order valence-corrected chi connectivity index (χ3v) is 10.8. The minimum atomic E-state index is -0.787. The second-order valence-corrected chi connectivity index (χ2v) is 13.0. The first kappa shape index (κ1) is 29.3. The monoisotopic (exact) mass is 580 g/mol. The lowest BCUT2D eigenvalue weighted by Gasteiger charge is -2.34. The molecule has 220 valence electrons. The Balaban J connectivity index is 1.40. The summed E-state index contributed by atoms with van der Waals surface area (Å²) in [5.41, 5.74) is 2.35. The number of anilines is 3. The van der Waals surface area contributed by atoms with Crippen LogP contribution in [0.2, 0.25) is 0 Å². The van der Waals surface area contributed by atoms with Gasteiger partial charge in [-0.1, -0.05) is 0 Å². The molecule has 0 aliphatic carbocycles. The topological polar surface area (TPSA) is 111 Å². The molecule has 2 aromatic carbocycles. The summed E-state index contributed by atoms with van der Waals surface area (Å²) in [6, 6.07) is 14.1. The van der Waals surface area contributed by atoms with Gasteiger partial charge in [0.2, 0.25) is 17.7 Å². The van der Waals surface area contributed by atoms with Crippen molar-refractivity contribution in [1.29, 1.82) is 0 Å². The van der Waals surface area contributed by atoms with Crippen molar-refractivity contribution in [2.75, 3.05) is 48.4 Å². The van der Waals surface area contributed by atoms with Crippen molar-refractivity contribution >= 4 is 46.5 Å². The van der Waals surface area contributed by atoms with Gasteiger partial charge in [-0.2, -0.15) is 0 Å². The number of carbonyl (C=O) groups is 3. The summed E-state index contributed by atoms with van der Waals surface area (Å²) in [5, 5.41) is 15.9. The molecule has 3 saturated heterocycles. The third-order valence-electron chi connectivity index (χ3n) is 8.84. The van der Waals surface area contributed by atoms with E-state index in [1.807, 2.05) is 38.1 Å². The number of likely N-dealkylation sites (tertiary alicyclic amines) is 1. The minimum Gasteiger partial charge on any atom is -0.494 e. The van der Waals surface area contributed by atoms with E-state index < -0.39 is 27.4 Å². The number of rotatable bonds is 11. The fraction of sp³-hybridized carbons (Fsp3) is 0.516. The van der Waals surface area contributed by atoms with Crippen LogP contribution in [0.1, 0.15) is 40.5 Å². The molecule has 0 radical (unpaired) electrons. The average Bonchev–Trinajstić information content (AvgIpc) is 3.52. The normalized spacial score (nSPS) is 28.0. The van der Waals surface area contributed by atoms with Crippen molar-refractivity contribution in [1.82, 2.24) is 4.90 Å². The minimum absolute atomic E-state index is 0.0422. The van der Waals surface area contributed by atoms with E-state index in [2.05, 4.69) is 29.4 Å². The number of aliphatic hydroxyl groups is 1. The van der Waals surface area contributed by atoms with Crippen LogP contribution in [0.4, 0.5) is 17.1 Å². The first-order valence-corrected chi connectivity index (χ1v) is 15.3. The second kappa shape index (κ2) is 11.6. The molecule has 5 atom stereocenters. The first-order valence-electron chi connectivity index (χ1n) is 14.5. The predicted octanol–water partition coefficient (Wildman–Crippen LogP) is 3.98. The molecule has 0 saturated carbocycles. The van der Waals surface area contributed by atoms with Gasteiger partial charge in [-0.3, -0.25) is 14.4 Å². The Morgan fingerprint density at radius 3 is 2.20 bits per heavy atom. The van der Waals surface area contributed by atoms with Gasteiger partial charge in [0.05, 0.1) is 29.8 Å². The van der Waals surface area contributed by atoms with E-state index in [1.165, 1.54) is 4.90 Å². The van der Waals surface area contributed by atoms with Crippen LogP contribution in [-0.4, -0.2) is 76.1 Å². The molecule has 1 spiro atoms. The molecule has 5 rings (SSSR count). The zero-order valence-electron chi connectivity index (χ0n) is 24.2. The highest BCUT2D eigenvalue weighted by atomic mass is 32.2. The molecule has 3 aliphatic rings. The number of hydrogen-bond donors (Lipinski definition) is 3. The maximum Gasteiger partial charge on any atom is 0.248 e. The number of aliphatic hydroxyl groups excluding tert-OH is 1. The zero-order chi connectivity index (χ0) is 29.4. The number of hydrogen-bond acceptors (Lipinski definition) is 7. The Labute approximate surface area is 246 Å². The van der Waals surface area contributed by atoms with Crippen LogP contribution in [0, 0.1) is 11.8 Å². The van der Waals surface area contributed by atoms with Crippen LogP contribution >= 0.6 is 11.8 Å². The number of fused-ring (bicyclic) bond motifs is 1. The molecule has 2 bridgehead atoms. The van der Waals surface area contributed by atoms with Crippen LogP contribution < -0.4 is 20.3 Å². The average molecular weight is 581 g/mol. The van der Waals surface area contributed by atoms with Gasteiger partial charge in [-0.05, 0) is 89.1 Å². The van der Waals surface area contributed by atoms with Crippen molar-refractivity contribution in [3.63, 3.8) is 0 Å². The number of benzene rings is 2. The summed E-state index contributed by atoms with van der Waals surface area (Å²) in [7, 11) is 0. The zero-order valence-corrected chi connectivity index (χ0v) is 25.0. The van der Waals surface area contributed by atoms with Gasteiger partial charge in [-0.25, -0.2) is 0 Å². The van der Waals surface area contributed by atoms with Crippen molar-refractivity contribution in [2.24, 2.45) is 11.8 Å². The number of nitrogens with zero attached hydrogens (tertiary/aromatic N) is 2. The molecule has 3 amide bonds. The highest BCUT2D eigenvalue weighted by Crippen LogP contribution is 2.71. The van der Waals surface area contributed by atoms with E-state index in [0.717, 1.165) is 25.2 Å². The predicted molar refractivity (Wildman–Crippen MR) is 162 cm³/mol. The summed E-state index contributed by atoms with van der Waals surface area (Å²) in [4.78, 5) is 45.4. The first-order chi connectivity index (χ1) is 19.7. The largest absolute Gasteiger partial charge is 0.494 e. The van der Waals surface area contributed by atoms with E-state index in [4.69, 9.17) is 4.74 Å². The van der Waals surface area contributed by atoms with Crippen molar-refractivity contribution in [2.45, 2.75) is 56.1 Å². The second-order valence-electron chi connectivity index (χ2n) is 11.1. The van der Waals surface area contributed by atoms with Gasteiger partial charge in [0.1, 0.15) is 11.8 Å². The van der Waals surface area contributed by atoms with E-state index >= 15 is 0 Å². The Bertz CT molecular complexity index is 1280. The van der Waals surface area contributed by atoms with Gasteiger partial charge in [0.15, 0.2) is 0 Å². The lowest BCUT2D eigenvalue weighted by atomic mass is 9.66. The van der Waals surface area contributed by atoms with E-state index in [0.29, 0.717) is 30.2 Å². The molecule has 2 unspecified atom stereocenters. The molecule has 2 aromatic rings. The summed E-state index contributed by atoms with van der Waals surface area (Å²) < 4.78 is 4.28. The summed E-state index contributed by atoms with van der Waals surface area (Å²) in [6.07, 6.45) is 1.37. The molecule has 3 N–H and O–H groups in total. The van der Waals surface area contributed by atoms with Crippen molar-refractivity contribution in [3.8, 4) is 5.75 Å². The number of thioether (sulfide) groups is 1. The van der Waals surface area contributed by atoms with E-state index in [9.17, 15) is 19.5 Å². The van der Waals surface area contributed by atoms with Crippen LogP contribution in [0.5, 0.6) is 5.75 Å². The molecule has 3 heterocycles. The quantitative estimate of drug-likeness (QED) is 0.369. The third kappa shape index (κ3) is 5.05. The standard InChI is InChI=1S/C31H40N4O5S/c1-5-34(6-2)22-12-8-20(9-13-22)33-28(38)26-31-17-16-30(4,41-31)24(25(31)29(39)35(26)18-19-36)27(37)32-21-10-14-23(15-11-21)40-7-3/h8-15,24-26,36H,5-7,16-19H2,1-4H3,(H,32,37)(H,33,38)/t24-,25+,26?,30+,31?/m1/s1. The smallest absolute Gasteiger partial charge is 0.248 e. The molecule has 41 heavy (non-hydrogen) atoms. The number of β-amino-alcohol motifs (C(OH)–C–C–N with tert-alkyl or cyclic N) is 1. The van der Waals surface area contributed by atoms with Crippen LogP contribution in [0.25, 0.3) is 0 Å². The highest BCUT2D eigenvalue weighted by molar-refractivity contribution is 8.02. The Morgan fingerprint density at radius 2 is 1.61 bits per heavy atom. The molecule has 0 aromatic heterocycles. The molecule has 3 aliphatic heterocycles. The van der Waals surface area contributed by atoms with Crippen molar-refractivity contribution in [3.05, 3.63) is 48.5 Å². The van der Waals surface area contributed by atoms with Gasteiger partial charge in [-0.15, -0.1) is 11.8 Å². The van der Waals surface area contributed by atoms with Gasteiger partial charge in [0.25, 0.3) is 0 Å². The lowest BCUT2D eigenvalue weighted by molar-refractivity contribution is -0.139. The Morgan fingerprint density at radius 1 is 1.00 bits per heavy atom. The Kier molecular flexibility index (Phi) is 8.25. The molecule has 10 heteroatoms. The summed E-state index contributed by atoms with van der Waals surface area (Å²) >= 11 is 1.61. The summed E-state index contributed by atoms with van der Waals surface area (Å²) in [6.45, 7) is 10.3. The van der Waals surface area contributed by atoms with E-state index in [1.54, 1.807) is 36.0 Å². The molecular formula is C31H40N4O5S. The molecular weight excluding hydrogens is 540 g/mol. The maximum absolute atomic E-state index is 14.0. The van der Waals surface area contributed by atoms with Crippen LogP contribution in [-0.2, 0) is 14.4 Å². The summed E-state index contributed by atoms with van der Waals surface area (Å²) in [5.74, 6) is -1.28. The van der Waals surface area contributed by atoms with Crippen molar-refractivity contribution < 1.29 is 24.2 Å². The van der Waals surface area contributed by atoms with E-state index in [-0.39, 0.29) is 30.9 Å². The lowest BCUT2D eigenvalue weighted by Crippen LogP contribution is -2.52. The number of carbonyl (C=O) groups excluding carboxylic acids is 3. The van der Waals surface area contributed by atoms with Gasteiger partial charge >= 0.3 is 0 Å². The molecule has 3 fully saturated rings. The number of ether oxygens (including phenoxy) is 1. The fourth-order valence-electron chi connectivity index (χ4n) is 7.05. The number of nitrogens with one attached hydrogen (secondary N) is 2. The van der Waals surface area contributed by atoms with Crippen LogP contribution in [0.15, 0.2) is 48.5 Å². The highest BCUT2D eigenvalue weighted by Gasteiger charge is 2.77. The van der Waals surface area contributed by atoms with Crippen LogP contribution in [0.3, 0.4) is 0 Å². The molecule has 9 nitrogen and oxygen atoms in total. The maximum atomic E-state index is 14.0. The SMILES string of the molecule is CCOc1ccc(NC(=O)[C@H]2[C@H]3C(=O)N(CCO)C(C(=O)Nc4ccc(N(CC)CC)cc4)C34CC[C@]2(C)S4)cc1.